The number of carbonyl (C=O) groups excluding carboxylic acids is 1. The van der Waals surface area contributed by atoms with Gasteiger partial charge in [0, 0.05) is 25.1 Å². The summed E-state index contributed by atoms with van der Waals surface area (Å²) >= 11 is 1.48. The molecular formula is C22H22N4O3S. The predicted molar refractivity (Wildman–Crippen MR) is 119 cm³/mol. The van der Waals surface area contributed by atoms with Crippen molar-refractivity contribution in [3.8, 4) is 10.4 Å². The van der Waals surface area contributed by atoms with E-state index >= 15 is 0 Å². The lowest BCUT2D eigenvalue weighted by molar-refractivity contribution is -0.384. The van der Waals surface area contributed by atoms with Gasteiger partial charge in [0.15, 0.2) is 5.13 Å². The maximum atomic E-state index is 12.8. The van der Waals surface area contributed by atoms with Gasteiger partial charge in [0.1, 0.15) is 5.69 Å². The summed E-state index contributed by atoms with van der Waals surface area (Å²) in [7, 11) is 0. The summed E-state index contributed by atoms with van der Waals surface area (Å²) in [6.45, 7) is 3.16. The maximum Gasteiger partial charge on any atom is 0.292 e. The molecule has 0 spiro atoms. The van der Waals surface area contributed by atoms with E-state index in [0.29, 0.717) is 36.8 Å². The van der Waals surface area contributed by atoms with Crippen LogP contribution in [-0.4, -0.2) is 28.9 Å². The van der Waals surface area contributed by atoms with E-state index < -0.39 is 0 Å². The fraction of sp³-hybridized carbons (Fsp3) is 0.273. The molecular weight excluding hydrogens is 400 g/mol. The van der Waals surface area contributed by atoms with Crippen molar-refractivity contribution in [2.45, 2.75) is 19.8 Å². The molecule has 1 aliphatic rings. The van der Waals surface area contributed by atoms with Crippen LogP contribution in [0.25, 0.3) is 10.4 Å². The smallest absolute Gasteiger partial charge is 0.292 e. The predicted octanol–water partition coefficient (Wildman–Crippen LogP) is 4.88. The molecule has 2 heterocycles. The average Bonchev–Trinajstić information content (AvgIpc) is 3.14. The number of anilines is 2. The van der Waals surface area contributed by atoms with Crippen molar-refractivity contribution in [2.75, 3.05) is 23.3 Å². The zero-order valence-corrected chi connectivity index (χ0v) is 17.4. The van der Waals surface area contributed by atoms with Gasteiger partial charge in [-0.15, -0.1) is 0 Å². The van der Waals surface area contributed by atoms with Gasteiger partial charge in [-0.3, -0.25) is 14.9 Å². The first-order chi connectivity index (χ1) is 14.5. The second kappa shape index (κ2) is 8.62. The Balaban J connectivity index is 1.39. The molecule has 0 radical (unpaired) electrons. The Morgan fingerprint density at radius 1 is 1.13 bits per heavy atom. The molecule has 1 aliphatic heterocycles. The third kappa shape index (κ3) is 4.18. The monoisotopic (exact) mass is 422 g/mol. The van der Waals surface area contributed by atoms with E-state index in [1.54, 1.807) is 18.2 Å². The van der Waals surface area contributed by atoms with E-state index in [0.717, 1.165) is 16.1 Å². The number of para-hydroxylation sites is 2. The minimum absolute atomic E-state index is 0.0365. The summed E-state index contributed by atoms with van der Waals surface area (Å²) in [5.41, 5.74) is 2.70. The van der Waals surface area contributed by atoms with Gasteiger partial charge in [-0.2, -0.15) is 0 Å². The molecule has 4 rings (SSSR count). The summed E-state index contributed by atoms with van der Waals surface area (Å²) in [4.78, 5) is 31.3. The molecule has 30 heavy (non-hydrogen) atoms. The molecule has 0 atom stereocenters. The summed E-state index contributed by atoms with van der Waals surface area (Å²) in [5.74, 6) is -0.168. The lowest BCUT2D eigenvalue weighted by Gasteiger charge is -2.32. The van der Waals surface area contributed by atoms with Gasteiger partial charge in [-0.25, -0.2) is 4.98 Å². The number of benzene rings is 2. The van der Waals surface area contributed by atoms with Gasteiger partial charge < -0.3 is 10.2 Å². The van der Waals surface area contributed by atoms with Crippen LogP contribution in [0.3, 0.4) is 0 Å². The van der Waals surface area contributed by atoms with Crippen LogP contribution in [0.5, 0.6) is 0 Å². The molecule has 1 amide bonds. The Kier molecular flexibility index (Phi) is 5.76. The number of nitro groups is 1. The van der Waals surface area contributed by atoms with Crippen molar-refractivity contribution < 1.29 is 9.72 Å². The van der Waals surface area contributed by atoms with Crippen LogP contribution in [0.2, 0.25) is 0 Å². The minimum Gasteiger partial charge on any atom is -0.366 e. The molecule has 1 saturated heterocycles. The standard InChI is InChI=1S/C22H22N4O3S/c1-15-20(16-7-3-2-4-8-16)30-22(23-15)24-21(27)17-11-13-25(14-12-17)18-9-5-6-10-19(18)26(28)29/h2-10,17H,11-14H2,1H3,(H,23,24,27). The van der Waals surface area contributed by atoms with Gasteiger partial charge in [-0.05, 0) is 31.4 Å². The van der Waals surface area contributed by atoms with Gasteiger partial charge in [0.25, 0.3) is 5.69 Å². The number of aromatic nitrogens is 1. The molecule has 2 aromatic carbocycles. The van der Waals surface area contributed by atoms with Crippen molar-refractivity contribution in [3.05, 3.63) is 70.4 Å². The fourth-order valence-corrected chi connectivity index (χ4v) is 4.76. The first-order valence-electron chi connectivity index (χ1n) is 9.85. The number of aryl methyl sites for hydroxylation is 1. The topological polar surface area (TPSA) is 88.4 Å². The first kappa shape index (κ1) is 20.0. The number of nitrogens with one attached hydrogen (secondary N) is 1. The zero-order valence-electron chi connectivity index (χ0n) is 16.6. The number of rotatable bonds is 5. The van der Waals surface area contributed by atoms with Crippen LogP contribution in [-0.2, 0) is 4.79 Å². The highest BCUT2D eigenvalue weighted by atomic mass is 32.1. The lowest BCUT2D eigenvalue weighted by atomic mass is 9.95. The van der Waals surface area contributed by atoms with Crippen LogP contribution in [0.1, 0.15) is 18.5 Å². The minimum atomic E-state index is -0.358. The van der Waals surface area contributed by atoms with Crippen molar-refractivity contribution in [3.63, 3.8) is 0 Å². The number of nitro benzene ring substituents is 1. The molecule has 0 aliphatic carbocycles. The molecule has 154 valence electrons. The lowest BCUT2D eigenvalue weighted by Crippen LogP contribution is -2.38. The van der Waals surface area contributed by atoms with E-state index in [2.05, 4.69) is 10.3 Å². The number of piperidine rings is 1. The van der Waals surface area contributed by atoms with E-state index in [9.17, 15) is 14.9 Å². The first-order valence-corrected chi connectivity index (χ1v) is 10.7. The normalized spacial score (nSPS) is 14.5. The van der Waals surface area contributed by atoms with E-state index in [1.165, 1.54) is 17.4 Å². The van der Waals surface area contributed by atoms with E-state index in [1.807, 2.05) is 42.2 Å². The van der Waals surface area contributed by atoms with E-state index in [4.69, 9.17) is 0 Å². The van der Waals surface area contributed by atoms with Crippen LogP contribution in [0, 0.1) is 23.0 Å². The highest BCUT2D eigenvalue weighted by Gasteiger charge is 2.28. The Bertz CT molecular complexity index is 1060. The number of nitrogens with zero attached hydrogens (tertiary/aromatic N) is 3. The number of carbonyl (C=O) groups is 1. The highest BCUT2D eigenvalue weighted by Crippen LogP contribution is 2.34. The third-order valence-electron chi connectivity index (χ3n) is 5.35. The van der Waals surface area contributed by atoms with Crippen molar-refractivity contribution >= 4 is 33.8 Å². The van der Waals surface area contributed by atoms with Crippen LogP contribution >= 0.6 is 11.3 Å². The van der Waals surface area contributed by atoms with Crippen molar-refractivity contribution in [2.24, 2.45) is 5.92 Å². The second-order valence-corrected chi connectivity index (χ2v) is 8.30. The second-order valence-electron chi connectivity index (χ2n) is 7.30. The highest BCUT2D eigenvalue weighted by molar-refractivity contribution is 7.19. The van der Waals surface area contributed by atoms with Crippen molar-refractivity contribution in [1.29, 1.82) is 0 Å². The van der Waals surface area contributed by atoms with Crippen LogP contribution in [0.15, 0.2) is 54.6 Å². The largest absolute Gasteiger partial charge is 0.366 e. The van der Waals surface area contributed by atoms with Gasteiger partial charge in [0.05, 0.1) is 15.5 Å². The fourth-order valence-electron chi connectivity index (χ4n) is 3.78. The van der Waals surface area contributed by atoms with Gasteiger partial charge >= 0.3 is 0 Å². The summed E-state index contributed by atoms with van der Waals surface area (Å²) in [6, 6.07) is 16.8. The number of amides is 1. The molecule has 1 N–H and O–H groups in total. The zero-order chi connectivity index (χ0) is 21.1. The Labute approximate surface area is 178 Å². The number of hydrogen-bond donors (Lipinski definition) is 1. The molecule has 0 saturated carbocycles. The third-order valence-corrected chi connectivity index (χ3v) is 6.47. The molecule has 0 bridgehead atoms. The summed E-state index contributed by atoms with van der Waals surface area (Å²) < 4.78 is 0. The molecule has 1 fully saturated rings. The number of hydrogen-bond acceptors (Lipinski definition) is 6. The molecule has 3 aromatic rings. The summed E-state index contributed by atoms with van der Waals surface area (Å²) in [6.07, 6.45) is 1.29. The van der Waals surface area contributed by atoms with Crippen LogP contribution in [0.4, 0.5) is 16.5 Å². The molecule has 8 heteroatoms. The van der Waals surface area contributed by atoms with Crippen LogP contribution < -0.4 is 10.2 Å². The molecule has 7 nitrogen and oxygen atoms in total. The van der Waals surface area contributed by atoms with E-state index in [-0.39, 0.29) is 22.4 Å². The maximum absolute atomic E-state index is 12.8. The quantitative estimate of drug-likeness (QED) is 0.467. The number of thiazole rings is 1. The summed E-state index contributed by atoms with van der Waals surface area (Å²) in [5, 5.41) is 14.9. The Morgan fingerprint density at radius 3 is 2.50 bits per heavy atom. The Morgan fingerprint density at radius 2 is 1.80 bits per heavy atom. The Hall–Kier alpha value is -3.26. The van der Waals surface area contributed by atoms with Crippen molar-refractivity contribution in [1.82, 2.24) is 4.98 Å². The average molecular weight is 423 g/mol. The SMILES string of the molecule is Cc1nc(NC(=O)C2CCN(c3ccccc3[N+](=O)[O-])CC2)sc1-c1ccccc1. The molecule has 0 unspecified atom stereocenters. The molecule has 1 aromatic heterocycles. The van der Waals surface area contributed by atoms with Gasteiger partial charge in [0.2, 0.25) is 5.91 Å². The van der Waals surface area contributed by atoms with Gasteiger partial charge in [-0.1, -0.05) is 53.8 Å².